The van der Waals surface area contributed by atoms with E-state index in [2.05, 4.69) is 24.0 Å². The summed E-state index contributed by atoms with van der Waals surface area (Å²) >= 11 is 0. The Morgan fingerprint density at radius 1 is 1.30 bits per heavy atom. The van der Waals surface area contributed by atoms with Crippen molar-refractivity contribution in [1.82, 2.24) is 4.90 Å². The van der Waals surface area contributed by atoms with E-state index < -0.39 is 0 Å². The van der Waals surface area contributed by atoms with Crippen LogP contribution in [-0.2, 0) is 4.74 Å². The third-order valence-corrected chi connectivity index (χ3v) is 4.06. The second-order valence-electron chi connectivity index (χ2n) is 5.47. The predicted octanol–water partition coefficient (Wildman–Crippen LogP) is 1.81. The van der Waals surface area contributed by atoms with Gasteiger partial charge in [-0.2, -0.15) is 0 Å². The normalized spacial score (nSPS) is 23.8. The molecule has 2 N–H and O–H groups in total. The Morgan fingerprint density at radius 2 is 2.05 bits per heavy atom. The third-order valence-electron chi connectivity index (χ3n) is 4.06. The minimum Gasteiger partial charge on any atom is -0.492 e. The largest absolute Gasteiger partial charge is 0.492 e. The average Bonchev–Trinajstić information content (AvgIpc) is 2.49. The smallest absolute Gasteiger partial charge is 0.119 e. The Hall–Kier alpha value is -1.10. The van der Waals surface area contributed by atoms with E-state index in [1.165, 1.54) is 5.56 Å². The number of rotatable bonds is 6. The maximum absolute atomic E-state index is 5.87. The molecule has 2 atom stereocenters. The molecule has 1 fully saturated rings. The van der Waals surface area contributed by atoms with Gasteiger partial charge in [0.25, 0.3) is 0 Å². The minimum absolute atomic E-state index is 0.359. The fourth-order valence-corrected chi connectivity index (χ4v) is 2.73. The van der Waals surface area contributed by atoms with Crippen LogP contribution < -0.4 is 10.5 Å². The topological polar surface area (TPSA) is 47.7 Å². The standard InChI is InChI=1S/C16H26N2O2/c1-13-3-5-15(6-4-13)20-10-9-18-8-7-16(19-2)11-14(18)12-17/h3-6,14,16H,7-12,17H2,1-2H3. The van der Waals surface area contributed by atoms with E-state index >= 15 is 0 Å². The summed E-state index contributed by atoms with van der Waals surface area (Å²) < 4.78 is 11.2. The molecule has 0 amide bonds. The van der Waals surface area contributed by atoms with Crippen LogP contribution in [0, 0.1) is 6.92 Å². The minimum atomic E-state index is 0.359. The molecule has 4 heteroatoms. The summed E-state index contributed by atoms with van der Waals surface area (Å²) in [6.45, 7) is 5.43. The molecule has 0 bridgehead atoms. The van der Waals surface area contributed by atoms with Crippen LogP contribution in [0.5, 0.6) is 5.75 Å². The van der Waals surface area contributed by atoms with E-state index in [0.29, 0.717) is 25.3 Å². The van der Waals surface area contributed by atoms with Gasteiger partial charge in [-0.3, -0.25) is 4.90 Å². The summed E-state index contributed by atoms with van der Waals surface area (Å²) in [7, 11) is 1.79. The number of nitrogens with zero attached hydrogens (tertiary/aromatic N) is 1. The monoisotopic (exact) mass is 278 g/mol. The highest BCUT2D eigenvalue weighted by Crippen LogP contribution is 2.19. The quantitative estimate of drug-likeness (QED) is 0.862. The fourth-order valence-electron chi connectivity index (χ4n) is 2.73. The summed E-state index contributed by atoms with van der Waals surface area (Å²) in [5.41, 5.74) is 7.12. The Labute approximate surface area is 121 Å². The fraction of sp³-hybridized carbons (Fsp3) is 0.625. The number of likely N-dealkylation sites (tertiary alicyclic amines) is 1. The van der Waals surface area contributed by atoms with Crippen molar-refractivity contribution in [3.05, 3.63) is 29.8 Å². The SMILES string of the molecule is COC1CCN(CCOc2ccc(C)cc2)C(CN)C1. The lowest BCUT2D eigenvalue weighted by atomic mass is 9.99. The lowest BCUT2D eigenvalue weighted by Crippen LogP contribution is -2.49. The molecular weight excluding hydrogens is 252 g/mol. The van der Waals surface area contributed by atoms with Crippen molar-refractivity contribution < 1.29 is 9.47 Å². The van der Waals surface area contributed by atoms with Gasteiger partial charge in [0.15, 0.2) is 0 Å². The van der Waals surface area contributed by atoms with Gasteiger partial charge in [0.05, 0.1) is 6.10 Å². The Morgan fingerprint density at radius 3 is 2.70 bits per heavy atom. The number of benzene rings is 1. The maximum Gasteiger partial charge on any atom is 0.119 e. The maximum atomic E-state index is 5.87. The van der Waals surface area contributed by atoms with E-state index in [4.69, 9.17) is 15.2 Å². The van der Waals surface area contributed by atoms with Crippen molar-refractivity contribution >= 4 is 0 Å². The number of methoxy groups -OCH3 is 1. The van der Waals surface area contributed by atoms with Gasteiger partial charge in [-0.05, 0) is 31.9 Å². The molecular formula is C16H26N2O2. The molecule has 2 rings (SSSR count). The number of ether oxygens (including phenoxy) is 2. The molecule has 0 aromatic heterocycles. The highest BCUT2D eigenvalue weighted by Gasteiger charge is 2.27. The van der Waals surface area contributed by atoms with E-state index in [1.807, 2.05) is 12.1 Å². The molecule has 1 saturated heterocycles. The molecule has 0 radical (unpaired) electrons. The molecule has 0 aliphatic carbocycles. The first-order valence-electron chi connectivity index (χ1n) is 7.39. The molecule has 1 heterocycles. The van der Waals surface area contributed by atoms with E-state index in [9.17, 15) is 0 Å². The first-order chi connectivity index (χ1) is 9.72. The number of nitrogens with two attached hydrogens (primary N) is 1. The van der Waals surface area contributed by atoms with Gasteiger partial charge in [-0.1, -0.05) is 17.7 Å². The van der Waals surface area contributed by atoms with Crippen LogP contribution in [0.25, 0.3) is 0 Å². The molecule has 0 saturated carbocycles. The molecule has 2 unspecified atom stereocenters. The van der Waals surface area contributed by atoms with Gasteiger partial charge in [-0.25, -0.2) is 0 Å². The number of hydrogen-bond donors (Lipinski definition) is 1. The van der Waals surface area contributed by atoms with Gasteiger partial charge in [0.2, 0.25) is 0 Å². The van der Waals surface area contributed by atoms with Gasteiger partial charge in [0, 0.05) is 32.8 Å². The number of aryl methyl sites for hydroxylation is 1. The second kappa shape index (κ2) is 7.62. The molecule has 4 nitrogen and oxygen atoms in total. The zero-order valence-electron chi connectivity index (χ0n) is 12.5. The van der Waals surface area contributed by atoms with Crippen molar-refractivity contribution in [3.63, 3.8) is 0 Å². The van der Waals surface area contributed by atoms with Gasteiger partial charge in [0.1, 0.15) is 12.4 Å². The third kappa shape index (κ3) is 4.20. The lowest BCUT2D eigenvalue weighted by Gasteiger charge is -2.38. The highest BCUT2D eigenvalue weighted by molar-refractivity contribution is 5.26. The van der Waals surface area contributed by atoms with Crippen LogP contribution in [0.1, 0.15) is 18.4 Å². The van der Waals surface area contributed by atoms with Crippen LogP contribution in [0.3, 0.4) is 0 Å². The van der Waals surface area contributed by atoms with Crippen molar-refractivity contribution in [2.45, 2.75) is 31.9 Å². The Kier molecular flexibility index (Phi) is 5.83. The molecule has 0 spiro atoms. The van der Waals surface area contributed by atoms with E-state index in [-0.39, 0.29) is 0 Å². The Balaban J connectivity index is 1.76. The van der Waals surface area contributed by atoms with Crippen molar-refractivity contribution in [2.24, 2.45) is 5.73 Å². The number of hydrogen-bond acceptors (Lipinski definition) is 4. The van der Waals surface area contributed by atoms with Gasteiger partial charge in [-0.15, -0.1) is 0 Å². The van der Waals surface area contributed by atoms with E-state index in [0.717, 1.165) is 31.7 Å². The molecule has 1 aromatic carbocycles. The molecule has 1 aromatic rings. The summed E-state index contributed by atoms with van der Waals surface area (Å²) in [5, 5.41) is 0. The Bertz CT molecular complexity index is 394. The van der Waals surface area contributed by atoms with Crippen molar-refractivity contribution in [1.29, 1.82) is 0 Å². The lowest BCUT2D eigenvalue weighted by molar-refractivity contribution is 0.00923. The van der Waals surface area contributed by atoms with Crippen LogP contribution in [-0.4, -0.2) is 50.4 Å². The van der Waals surface area contributed by atoms with Crippen LogP contribution in [0.2, 0.25) is 0 Å². The second-order valence-corrected chi connectivity index (χ2v) is 5.47. The van der Waals surface area contributed by atoms with Crippen LogP contribution in [0.15, 0.2) is 24.3 Å². The molecule has 20 heavy (non-hydrogen) atoms. The first kappa shape index (κ1) is 15.3. The van der Waals surface area contributed by atoms with Crippen molar-refractivity contribution in [2.75, 3.05) is 33.4 Å². The average molecular weight is 278 g/mol. The highest BCUT2D eigenvalue weighted by atomic mass is 16.5. The van der Waals surface area contributed by atoms with E-state index in [1.54, 1.807) is 7.11 Å². The molecule has 1 aliphatic rings. The molecule has 1 aliphatic heterocycles. The summed E-state index contributed by atoms with van der Waals surface area (Å²) in [4.78, 5) is 2.42. The zero-order valence-corrected chi connectivity index (χ0v) is 12.5. The van der Waals surface area contributed by atoms with Gasteiger partial charge < -0.3 is 15.2 Å². The van der Waals surface area contributed by atoms with Crippen LogP contribution >= 0.6 is 0 Å². The van der Waals surface area contributed by atoms with Gasteiger partial charge >= 0.3 is 0 Å². The number of piperidine rings is 1. The summed E-state index contributed by atoms with van der Waals surface area (Å²) in [6.07, 6.45) is 2.47. The predicted molar refractivity (Wildman–Crippen MR) is 81.1 cm³/mol. The summed E-state index contributed by atoms with van der Waals surface area (Å²) in [6, 6.07) is 8.60. The van der Waals surface area contributed by atoms with Crippen molar-refractivity contribution in [3.8, 4) is 5.75 Å². The first-order valence-corrected chi connectivity index (χ1v) is 7.39. The molecule has 112 valence electrons. The summed E-state index contributed by atoms with van der Waals surface area (Å²) in [5.74, 6) is 0.937. The van der Waals surface area contributed by atoms with Crippen LogP contribution in [0.4, 0.5) is 0 Å². The zero-order chi connectivity index (χ0) is 14.4.